The van der Waals surface area contributed by atoms with Crippen molar-refractivity contribution < 1.29 is 0 Å². The molecule has 1 aliphatic rings. The lowest BCUT2D eigenvalue weighted by Crippen LogP contribution is -2.57. The van der Waals surface area contributed by atoms with Crippen molar-refractivity contribution in [1.29, 1.82) is 0 Å². The predicted molar refractivity (Wildman–Crippen MR) is 81.6 cm³/mol. The Bertz CT molecular complexity index is 424. The van der Waals surface area contributed by atoms with Gasteiger partial charge in [0.05, 0.1) is 5.69 Å². The molecule has 1 saturated heterocycles. The first-order valence-corrected chi connectivity index (χ1v) is 7.40. The molecule has 0 amide bonds. The SMILES string of the molecule is Cc1nccc(CNCC(C)(C)N2CCN(C)CC2)n1. The molecule has 5 nitrogen and oxygen atoms in total. The van der Waals surface area contributed by atoms with E-state index in [0.717, 1.165) is 50.8 Å². The number of rotatable bonds is 5. The number of nitrogens with one attached hydrogen (secondary N) is 1. The van der Waals surface area contributed by atoms with Crippen molar-refractivity contribution in [2.24, 2.45) is 0 Å². The third-order valence-electron chi connectivity index (χ3n) is 4.06. The van der Waals surface area contributed by atoms with E-state index >= 15 is 0 Å². The third kappa shape index (κ3) is 4.23. The van der Waals surface area contributed by atoms with E-state index < -0.39 is 0 Å². The maximum absolute atomic E-state index is 4.42. The van der Waals surface area contributed by atoms with Crippen molar-refractivity contribution in [3.8, 4) is 0 Å². The van der Waals surface area contributed by atoms with Gasteiger partial charge in [-0.05, 0) is 33.9 Å². The molecule has 0 aromatic carbocycles. The highest BCUT2D eigenvalue weighted by Gasteiger charge is 2.28. The van der Waals surface area contributed by atoms with Crippen LogP contribution >= 0.6 is 0 Å². The van der Waals surface area contributed by atoms with Crippen LogP contribution in [0.1, 0.15) is 25.4 Å². The van der Waals surface area contributed by atoms with Crippen LogP contribution in [-0.4, -0.2) is 65.1 Å². The molecule has 0 saturated carbocycles. The minimum atomic E-state index is 0.184. The van der Waals surface area contributed by atoms with Crippen LogP contribution in [-0.2, 0) is 6.54 Å². The van der Waals surface area contributed by atoms with Crippen LogP contribution < -0.4 is 5.32 Å². The molecule has 112 valence electrons. The van der Waals surface area contributed by atoms with Gasteiger partial charge in [0.1, 0.15) is 5.82 Å². The summed E-state index contributed by atoms with van der Waals surface area (Å²) in [6.45, 7) is 13.0. The number of aryl methyl sites for hydroxylation is 1. The first-order valence-electron chi connectivity index (χ1n) is 7.40. The van der Waals surface area contributed by atoms with E-state index in [1.165, 1.54) is 0 Å². The Kier molecular flexibility index (Phi) is 5.07. The average Bonchev–Trinajstić information content (AvgIpc) is 2.39. The number of piperazine rings is 1. The zero-order valence-corrected chi connectivity index (χ0v) is 13.2. The first kappa shape index (κ1) is 15.4. The van der Waals surface area contributed by atoms with Gasteiger partial charge in [0.25, 0.3) is 0 Å². The summed E-state index contributed by atoms with van der Waals surface area (Å²) in [5, 5.41) is 3.53. The Morgan fingerprint density at radius 3 is 2.60 bits per heavy atom. The number of nitrogens with zero attached hydrogens (tertiary/aromatic N) is 4. The lowest BCUT2D eigenvalue weighted by molar-refractivity contribution is 0.0617. The molecule has 1 aromatic heterocycles. The normalized spacial score (nSPS) is 18.4. The van der Waals surface area contributed by atoms with Crippen molar-refractivity contribution in [1.82, 2.24) is 25.1 Å². The summed E-state index contributed by atoms with van der Waals surface area (Å²) >= 11 is 0. The lowest BCUT2D eigenvalue weighted by Gasteiger charge is -2.43. The largest absolute Gasteiger partial charge is 0.309 e. The predicted octanol–water partition coefficient (Wildman–Crippen LogP) is 0.901. The fraction of sp³-hybridized carbons (Fsp3) is 0.733. The summed E-state index contributed by atoms with van der Waals surface area (Å²) < 4.78 is 0. The molecular formula is C15H27N5. The zero-order valence-electron chi connectivity index (χ0n) is 13.2. The monoisotopic (exact) mass is 277 g/mol. The number of aromatic nitrogens is 2. The van der Waals surface area contributed by atoms with Crippen LogP contribution in [0.4, 0.5) is 0 Å². The molecule has 1 fully saturated rings. The Morgan fingerprint density at radius 1 is 1.25 bits per heavy atom. The topological polar surface area (TPSA) is 44.3 Å². The molecule has 1 aliphatic heterocycles. The van der Waals surface area contributed by atoms with Gasteiger partial charge in [0.2, 0.25) is 0 Å². The Hall–Kier alpha value is -1.04. The minimum Gasteiger partial charge on any atom is -0.309 e. The van der Waals surface area contributed by atoms with Gasteiger partial charge in [-0.2, -0.15) is 0 Å². The fourth-order valence-corrected chi connectivity index (χ4v) is 2.62. The summed E-state index contributed by atoms with van der Waals surface area (Å²) in [6, 6.07) is 1.98. The molecule has 0 radical (unpaired) electrons. The maximum Gasteiger partial charge on any atom is 0.125 e. The van der Waals surface area contributed by atoms with E-state index in [9.17, 15) is 0 Å². The van der Waals surface area contributed by atoms with Crippen LogP contribution in [0.2, 0.25) is 0 Å². The van der Waals surface area contributed by atoms with Crippen molar-refractivity contribution in [3.05, 3.63) is 23.8 Å². The van der Waals surface area contributed by atoms with Crippen molar-refractivity contribution >= 4 is 0 Å². The quantitative estimate of drug-likeness (QED) is 0.866. The van der Waals surface area contributed by atoms with E-state index in [4.69, 9.17) is 0 Å². The summed E-state index contributed by atoms with van der Waals surface area (Å²) in [7, 11) is 2.19. The van der Waals surface area contributed by atoms with E-state index in [1.54, 1.807) is 0 Å². The van der Waals surface area contributed by atoms with Gasteiger partial charge >= 0.3 is 0 Å². The summed E-state index contributed by atoms with van der Waals surface area (Å²) in [4.78, 5) is 13.5. The van der Waals surface area contributed by atoms with Gasteiger partial charge in [-0.25, -0.2) is 9.97 Å². The van der Waals surface area contributed by atoms with Crippen LogP contribution in [0.15, 0.2) is 12.3 Å². The minimum absolute atomic E-state index is 0.184. The third-order valence-corrected chi connectivity index (χ3v) is 4.06. The highest BCUT2D eigenvalue weighted by Crippen LogP contribution is 2.15. The van der Waals surface area contributed by atoms with E-state index in [0.29, 0.717) is 0 Å². The smallest absolute Gasteiger partial charge is 0.125 e. The summed E-state index contributed by atoms with van der Waals surface area (Å²) in [5.41, 5.74) is 1.25. The van der Waals surface area contributed by atoms with Crippen LogP contribution in [0.25, 0.3) is 0 Å². The van der Waals surface area contributed by atoms with Crippen molar-refractivity contribution in [2.45, 2.75) is 32.9 Å². The lowest BCUT2D eigenvalue weighted by atomic mass is 10.0. The molecule has 0 bridgehead atoms. The van der Waals surface area contributed by atoms with Gasteiger partial charge in [-0.1, -0.05) is 0 Å². The summed E-state index contributed by atoms with van der Waals surface area (Å²) in [5.74, 6) is 0.836. The van der Waals surface area contributed by atoms with Crippen molar-refractivity contribution in [2.75, 3.05) is 39.8 Å². The van der Waals surface area contributed by atoms with E-state index in [2.05, 4.69) is 46.0 Å². The number of hydrogen-bond donors (Lipinski definition) is 1. The first-order chi connectivity index (χ1) is 9.47. The molecule has 1 N–H and O–H groups in total. The highest BCUT2D eigenvalue weighted by molar-refractivity contribution is 5.01. The second-order valence-electron chi connectivity index (χ2n) is 6.30. The molecule has 0 atom stereocenters. The molecule has 2 rings (SSSR count). The molecule has 2 heterocycles. The highest BCUT2D eigenvalue weighted by atomic mass is 15.3. The van der Waals surface area contributed by atoms with Gasteiger partial charge in [0, 0.05) is 51.0 Å². The van der Waals surface area contributed by atoms with Gasteiger partial charge < -0.3 is 10.2 Å². The standard InChI is InChI=1S/C15H27N5/c1-13-17-6-5-14(18-13)11-16-12-15(2,3)20-9-7-19(4)8-10-20/h5-6,16H,7-12H2,1-4H3. The molecule has 0 spiro atoms. The molecular weight excluding hydrogens is 250 g/mol. The van der Waals surface area contributed by atoms with E-state index in [1.807, 2.05) is 19.2 Å². The van der Waals surface area contributed by atoms with Crippen LogP contribution in [0.3, 0.4) is 0 Å². The molecule has 0 unspecified atom stereocenters. The van der Waals surface area contributed by atoms with Gasteiger partial charge in [-0.15, -0.1) is 0 Å². The van der Waals surface area contributed by atoms with Crippen LogP contribution in [0, 0.1) is 6.92 Å². The molecule has 5 heteroatoms. The van der Waals surface area contributed by atoms with E-state index in [-0.39, 0.29) is 5.54 Å². The maximum atomic E-state index is 4.42. The second-order valence-corrected chi connectivity index (χ2v) is 6.30. The van der Waals surface area contributed by atoms with Crippen LogP contribution in [0.5, 0.6) is 0 Å². The fourth-order valence-electron chi connectivity index (χ4n) is 2.62. The Morgan fingerprint density at radius 2 is 1.95 bits per heavy atom. The summed E-state index contributed by atoms with van der Waals surface area (Å²) in [6.07, 6.45) is 1.82. The number of hydrogen-bond acceptors (Lipinski definition) is 5. The molecule has 1 aromatic rings. The number of likely N-dealkylation sites (N-methyl/N-ethyl adjacent to an activating group) is 1. The second kappa shape index (κ2) is 6.61. The average molecular weight is 277 g/mol. The molecule has 20 heavy (non-hydrogen) atoms. The van der Waals surface area contributed by atoms with Gasteiger partial charge in [0.15, 0.2) is 0 Å². The molecule has 0 aliphatic carbocycles. The Balaban J connectivity index is 1.80. The Labute approximate surface area is 122 Å². The van der Waals surface area contributed by atoms with Crippen molar-refractivity contribution in [3.63, 3.8) is 0 Å². The zero-order chi connectivity index (χ0) is 14.6. The van der Waals surface area contributed by atoms with Gasteiger partial charge in [-0.3, -0.25) is 4.90 Å².